The van der Waals surface area contributed by atoms with E-state index in [9.17, 15) is 0 Å². The number of rotatable bonds is 7. The average molecular weight is 408 g/mol. The normalized spacial score (nSPS) is 11.3. The molecule has 0 atom stereocenters. The van der Waals surface area contributed by atoms with E-state index in [-0.39, 0.29) is 0 Å². The highest BCUT2D eigenvalue weighted by atomic mass is 32.1. The fourth-order valence-corrected chi connectivity index (χ4v) is 3.67. The molecule has 0 radical (unpaired) electrons. The summed E-state index contributed by atoms with van der Waals surface area (Å²) in [6, 6.07) is 13.7. The third-order valence-electron chi connectivity index (χ3n) is 4.42. The molecule has 0 unspecified atom stereocenters. The fraction of sp³-hybridized carbons (Fsp3) is 0.190. The first-order chi connectivity index (χ1) is 14.2. The zero-order chi connectivity index (χ0) is 20.2. The van der Waals surface area contributed by atoms with Gasteiger partial charge in [0.15, 0.2) is 17.3 Å². The molecule has 0 bridgehead atoms. The molecule has 0 aliphatic heterocycles. The van der Waals surface area contributed by atoms with Crippen molar-refractivity contribution in [1.82, 2.24) is 19.8 Å². The molecule has 0 amide bonds. The summed E-state index contributed by atoms with van der Waals surface area (Å²) in [4.78, 5) is 0.759. The van der Waals surface area contributed by atoms with Crippen LogP contribution < -0.4 is 14.2 Å². The molecule has 0 N–H and O–H groups in total. The first-order valence-electron chi connectivity index (χ1n) is 8.94. The van der Waals surface area contributed by atoms with Crippen molar-refractivity contribution in [3.63, 3.8) is 0 Å². The minimum absolute atomic E-state index is 0.590. The van der Waals surface area contributed by atoms with E-state index >= 15 is 0 Å². The lowest BCUT2D eigenvalue weighted by Gasteiger charge is -2.08. The summed E-state index contributed by atoms with van der Waals surface area (Å²) >= 11 is 1.49. The zero-order valence-electron chi connectivity index (χ0n) is 16.3. The second-order valence-electron chi connectivity index (χ2n) is 6.22. The van der Waals surface area contributed by atoms with Crippen molar-refractivity contribution in [2.75, 3.05) is 21.3 Å². The SMILES string of the molecule is COc1ccc(/C=C/c2nn3c(Cc4ccc(OC)c(OC)c4)nnc3s2)cc1. The summed E-state index contributed by atoms with van der Waals surface area (Å²) in [5, 5.41) is 14.0. The Morgan fingerprint density at radius 3 is 2.41 bits per heavy atom. The van der Waals surface area contributed by atoms with Gasteiger partial charge in [-0.2, -0.15) is 9.61 Å². The highest BCUT2D eigenvalue weighted by Crippen LogP contribution is 2.28. The second-order valence-corrected chi connectivity index (χ2v) is 7.21. The molecule has 148 valence electrons. The summed E-state index contributed by atoms with van der Waals surface area (Å²) < 4.78 is 17.6. The van der Waals surface area contributed by atoms with Gasteiger partial charge >= 0.3 is 0 Å². The molecule has 4 rings (SSSR count). The van der Waals surface area contributed by atoms with Crippen LogP contribution in [0.25, 0.3) is 17.1 Å². The molecule has 7 nitrogen and oxygen atoms in total. The van der Waals surface area contributed by atoms with Gasteiger partial charge in [-0.05, 0) is 41.5 Å². The first kappa shape index (κ1) is 18.9. The number of fused-ring (bicyclic) bond motifs is 1. The molecule has 8 heteroatoms. The van der Waals surface area contributed by atoms with Gasteiger partial charge in [0.2, 0.25) is 4.96 Å². The van der Waals surface area contributed by atoms with E-state index in [1.54, 1.807) is 25.8 Å². The van der Waals surface area contributed by atoms with Crippen molar-refractivity contribution in [1.29, 1.82) is 0 Å². The number of nitrogens with zero attached hydrogens (tertiary/aromatic N) is 4. The van der Waals surface area contributed by atoms with Gasteiger partial charge in [-0.3, -0.25) is 0 Å². The van der Waals surface area contributed by atoms with E-state index in [2.05, 4.69) is 15.3 Å². The van der Waals surface area contributed by atoms with E-state index in [0.29, 0.717) is 17.9 Å². The van der Waals surface area contributed by atoms with E-state index in [1.165, 1.54) is 11.3 Å². The van der Waals surface area contributed by atoms with Gasteiger partial charge in [0, 0.05) is 6.42 Å². The predicted molar refractivity (Wildman–Crippen MR) is 113 cm³/mol. The fourth-order valence-electron chi connectivity index (χ4n) is 2.91. The van der Waals surface area contributed by atoms with Crippen LogP contribution in [0.4, 0.5) is 0 Å². The van der Waals surface area contributed by atoms with E-state index in [0.717, 1.165) is 32.7 Å². The molecule has 4 aromatic rings. The smallest absolute Gasteiger partial charge is 0.234 e. The van der Waals surface area contributed by atoms with E-state index in [1.807, 2.05) is 54.6 Å². The average Bonchev–Trinajstić information content (AvgIpc) is 3.34. The Bertz CT molecular complexity index is 1150. The lowest BCUT2D eigenvalue weighted by Crippen LogP contribution is -1.99. The van der Waals surface area contributed by atoms with Gasteiger partial charge in [-0.25, -0.2) is 0 Å². The van der Waals surface area contributed by atoms with Gasteiger partial charge in [0.1, 0.15) is 10.8 Å². The van der Waals surface area contributed by atoms with Crippen LogP contribution >= 0.6 is 11.3 Å². The Morgan fingerprint density at radius 1 is 0.897 bits per heavy atom. The molecular formula is C21H20N4O3S. The number of methoxy groups -OCH3 is 3. The Labute approximate surface area is 172 Å². The van der Waals surface area contributed by atoms with Crippen molar-refractivity contribution < 1.29 is 14.2 Å². The molecule has 0 aliphatic carbocycles. The lowest BCUT2D eigenvalue weighted by molar-refractivity contribution is 0.354. The molecule has 0 saturated carbocycles. The lowest BCUT2D eigenvalue weighted by atomic mass is 10.1. The van der Waals surface area contributed by atoms with E-state index in [4.69, 9.17) is 14.2 Å². The van der Waals surface area contributed by atoms with Crippen LogP contribution in [0.3, 0.4) is 0 Å². The van der Waals surface area contributed by atoms with Crippen LogP contribution in [0.5, 0.6) is 17.2 Å². The van der Waals surface area contributed by atoms with Crippen molar-refractivity contribution in [3.05, 3.63) is 64.4 Å². The number of benzene rings is 2. The molecule has 0 spiro atoms. The largest absolute Gasteiger partial charge is 0.497 e. The van der Waals surface area contributed by atoms with Crippen LogP contribution in [0, 0.1) is 0 Å². The summed E-state index contributed by atoms with van der Waals surface area (Å²) in [6.45, 7) is 0. The summed E-state index contributed by atoms with van der Waals surface area (Å²) in [7, 11) is 4.90. The summed E-state index contributed by atoms with van der Waals surface area (Å²) in [5.41, 5.74) is 2.11. The van der Waals surface area contributed by atoms with Gasteiger partial charge in [-0.15, -0.1) is 10.2 Å². The summed E-state index contributed by atoms with van der Waals surface area (Å²) in [6.07, 6.45) is 4.58. The molecule has 0 aliphatic rings. The molecule has 0 saturated heterocycles. The number of aromatic nitrogens is 4. The number of hydrogen-bond donors (Lipinski definition) is 0. The molecule has 0 fully saturated rings. The Morgan fingerprint density at radius 2 is 1.69 bits per heavy atom. The van der Waals surface area contributed by atoms with Crippen LogP contribution in [0.15, 0.2) is 42.5 Å². The zero-order valence-corrected chi connectivity index (χ0v) is 17.1. The maximum Gasteiger partial charge on any atom is 0.234 e. The minimum atomic E-state index is 0.590. The van der Waals surface area contributed by atoms with Crippen LogP contribution in [0.2, 0.25) is 0 Å². The molecule has 29 heavy (non-hydrogen) atoms. The monoisotopic (exact) mass is 408 g/mol. The number of hydrogen-bond acceptors (Lipinski definition) is 7. The molecule has 2 heterocycles. The minimum Gasteiger partial charge on any atom is -0.497 e. The maximum absolute atomic E-state index is 5.38. The van der Waals surface area contributed by atoms with Crippen molar-refractivity contribution >= 4 is 28.4 Å². The molecule has 2 aromatic carbocycles. The molecule has 2 aromatic heterocycles. The van der Waals surface area contributed by atoms with Gasteiger partial charge in [0.05, 0.1) is 21.3 Å². The Kier molecular flexibility index (Phi) is 5.44. The first-order valence-corrected chi connectivity index (χ1v) is 9.76. The topological polar surface area (TPSA) is 70.8 Å². The van der Waals surface area contributed by atoms with Crippen molar-refractivity contribution in [2.24, 2.45) is 0 Å². The predicted octanol–water partition coefficient (Wildman–Crippen LogP) is 3.97. The van der Waals surface area contributed by atoms with Crippen molar-refractivity contribution in [3.8, 4) is 17.2 Å². The maximum atomic E-state index is 5.38. The van der Waals surface area contributed by atoms with E-state index < -0.39 is 0 Å². The quantitative estimate of drug-likeness (QED) is 0.461. The Balaban J connectivity index is 1.55. The van der Waals surface area contributed by atoms with Gasteiger partial charge in [0.25, 0.3) is 0 Å². The Hall–Kier alpha value is -3.39. The standard InChI is InChI=1S/C21H20N4O3S/c1-26-16-8-4-14(5-9-16)7-11-20-24-25-19(22-23-21(25)29-20)13-15-6-10-17(27-2)18(12-15)28-3/h4-12H,13H2,1-3H3/b11-7+. The highest BCUT2D eigenvalue weighted by Gasteiger charge is 2.13. The third-order valence-corrected chi connectivity index (χ3v) is 5.28. The van der Waals surface area contributed by atoms with Gasteiger partial charge < -0.3 is 14.2 Å². The number of ether oxygens (including phenoxy) is 3. The summed E-state index contributed by atoms with van der Waals surface area (Å²) in [5.74, 6) is 2.99. The van der Waals surface area contributed by atoms with Gasteiger partial charge in [-0.1, -0.05) is 35.6 Å². The molecular weight excluding hydrogens is 388 g/mol. The van der Waals surface area contributed by atoms with Crippen LogP contribution in [-0.2, 0) is 6.42 Å². The van der Waals surface area contributed by atoms with Crippen molar-refractivity contribution in [2.45, 2.75) is 6.42 Å². The highest BCUT2D eigenvalue weighted by molar-refractivity contribution is 7.17. The third kappa shape index (κ3) is 4.07. The second kappa shape index (κ2) is 8.32. The van der Waals surface area contributed by atoms with Crippen LogP contribution in [-0.4, -0.2) is 41.1 Å². The van der Waals surface area contributed by atoms with Crippen LogP contribution in [0.1, 0.15) is 22.0 Å².